The van der Waals surface area contributed by atoms with E-state index in [1.165, 1.54) is 6.26 Å². The third-order valence-corrected chi connectivity index (χ3v) is 3.52. The molecule has 0 aliphatic heterocycles. The quantitative estimate of drug-likeness (QED) is 0.915. The number of halogens is 3. The molecule has 1 aliphatic rings. The molecule has 116 valence electrons. The molecule has 2 atom stereocenters. The van der Waals surface area contributed by atoms with E-state index in [0.717, 1.165) is 0 Å². The molecule has 8 heteroatoms. The highest BCUT2D eigenvalue weighted by molar-refractivity contribution is 5.95. The van der Waals surface area contributed by atoms with E-state index >= 15 is 0 Å². The van der Waals surface area contributed by atoms with Crippen molar-refractivity contribution in [3.63, 3.8) is 0 Å². The number of alkyl halides is 3. The van der Waals surface area contributed by atoms with Crippen molar-refractivity contribution in [1.82, 2.24) is 4.98 Å². The summed E-state index contributed by atoms with van der Waals surface area (Å²) in [6.07, 6.45) is -2.00. The summed E-state index contributed by atoms with van der Waals surface area (Å²) in [6.45, 7) is 0. The minimum atomic E-state index is -4.60. The first-order valence-electron chi connectivity index (χ1n) is 6.50. The maximum Gasteiger partial charge on any atom is 0.417 e. The normalized spacial score (nSPS) is 20.7. The third kappa shape index (κ3) is 2.76. The van der Waals surface area contributed by atoms with E-state index < -0.39 is 34.8 Å². The van der Waals surface area contributed by atoms with Gasteiger partial charge in [-0.2, -0.15) is 13.2 Å². The second-order valence-electron chi connectivity index (χ2n) is 5.08. The van der Waals surface area contributed by atoms with Crippen LogP contribution in [0.2, 0.25) is 0 Å². The molecule has 0 bridgehead atoms. The maximum atomic E-state index is 12.6. The monoisotopic (exact) mass is 312 g/mol. The predicted octanol–water partition coefficient (Wildman–Crippen LogP) is 2.73. The summed E-state index contributed by atoms with van der Waals surface area (Å²) in [5.74, 6) is -0.343. The molecule has 0 spiro atoms. The molecular weight excluding hydrogens is 301 g/mol. The average molecular weight is 312 g/mol. The van der Waals surface area contributed by atoms with Gasteiger partial charge in [0.05, 0.1) is 11.8 Å². The minimum absolute atomic E-state index is 0.0973. The summed E-state index contributed by atoms with van der Waals surface area (Å²) >= 11 is 0. The number of amides is 1. The van der Waals surface area contributed by atoms with Gasteiger partial charge in [0.15, 0.2) is 0 Å². The predicted molar refractivity (Wildman–Crippen MR) is 70.3 cm³/mol. The standard InChI is InChI=1S/C14H11F3N2O3/c15-14(16,17)7-4-10(13(21)18-6-7)19-12(20)9-5-8(9)11-2-1-3-22-11/h1-4,6,8-9H,5H2,(H,18,21)(H,19,20)/t8-,9+/m1/s1. The van der Waals surface area contributed by atoms with E-state index in [9.17, 15) is 22.8 Å². The first-order chi connectivity index (χ1) is 10.4. The SMILES string of the molecule is O=C(Nc1cc(C(F)(F)F)c[nH]c1=O)[C@H]1C[C@H]1c1ccco1. The molecule has 1 fully saturated rings. The van der Waals surface area contributed by atoms with Crippen molar-refractivity contribution in [3.8, 4) is 0 Å². The summed E-state index contributed by atoms with van der Waals surface area (Å²) < 4.78 is 43.0. The zero-order valence-corrected chi connectivity index (χ0v) is 11.1. The second-order valence-corrected chi connectivity index (χ2v) is 5.08. The number of anilines is 1. The molecule has 2 heterocycles. The van der Waals surface area contributed by atoms with Crippen molar-refractivity contribution in [2.45, 2.75) is 18.5 Å². The maximum absolute atomic E-state index is 12.6. The molecule has 1 aliphatic carbocycles. The highest BCUT2D eigenvalue weighted by Gasteiger charge is 2.46. The number of furan rings is 1. The van der Waals surface area contributed by atoms with Gasteiger partial charge in [-0.3, -0.25) is 9.59 Å². The number of rotatable bonds is 3. The fourth-order valence-electron chi connectivity index (χ4n) is 2.27. The smallest absolute Gasteiger partial charge is 0.417 e. The lowest BCUT2D eigenvalue weighted by atomic mass is 10.2. The molecule has 3 rings (SSSR count). The van der Waals surface area contributed by atoms with Crippen molar-refractivity contribution < 1.29 is 22.4 Å². The number of aromatic nitrogens is 1. The first-order valence-corrected chi connectivity index (χ1v) is 6.50. The van der Waals surface area contributed by atoms with Gasteiger partial charge < -0.3 is 14.7 Å². The van der Waals surface area contributed by atoms with Crippen LogP contribution in [0.1, 0.15) is 23.7 Å². The summed E-state index contributed by atoms with van der Waals surface area (Å²) in [5, 5.41) is 2.25. The van der Waals surface area contributed by atoms with Crippen LogP contribution in [0, 0.1) is 5.92 Å². The van der Waals surface area contributed by atoms with Crippen molar-refractivity contribution in [2.75, 3.05) is 5.32 Å². The van der Waals surface area contributed by atoms with Crippen LogP contribution >= 0.6 is 0 Å². The molecule has 5 nitrogen and oxygen atoms in total. The van der Waals surface area contributed by atoms with Crippen LogP contribution in [0.4, 0.5) is 18.9 Å². The number of carbonyl (C=O) groups is 1. The first kappa shape index (κ1) is 14.4. The van der Waals surface area contributed by atoms with Gasteiger partial charge in [-0.25, -0.2) is 0 Å². The van der Waals surface area contributed by atoms with E-state index in [1.54, 1.807) is 12.1 Å². The lowest BCUT2D eigenvalue weighted by molar-refractivity contribution is -0.137. The topological polar surface area (TPSA) is 75.1 Å². The zero-order valence-electron chi connectivity index (χ0n) is 11.1. The van der Waals surface area contributed by atoms with E-state index in [1.807, 2.05) is 4.98 Å². The van der Waals surface area contributed by atoms with Gasteiger partial charge in [-0.05, 0) is 24.6 Å². The molecule has 0 aromatic carbocycles. The van der Waals surface area contributed by atoms with Crippen LogP contribution < -0.4 is 10.9 Å². The van der Waals surface area contributed by atoms with Gasteiger partial charge in [0.2, 0.25) is 5.91 Å². The van der Waals surface area contributed by atoms with Gasteiger partial charge in [0.25, 0.3) is 5.56 Å². The molecular formula is C14H11F3N2O3. The lowest BCUT2D eigenvalue weighted by Crippen LogP contribution is -2.22. The lowest BCUT2D eigenvalue weighted by Gasteiger charge is -2.09. The van der Waals surface area contributed by atoms with Gasteiger partial charge in [0, 0.05) is 18.0 Å². The fraction of sp³-hybridized carbons (Fsp3) is 0.286. The Hall–Kier alpha value is -2.51. The van der Waals surface area contributed by atoms with Crippen LogP contribution in [-0.4, -0.2) is 10.9 Å². The second kappa shape index (κ2) is 5.04. The van der Waals surface area contributed by atoms with E-state index in [4.69, 9.17) is 4.42 Å². The highest BCUT2D eigenvalue weighted by atomic mass is 19.4. The van der Waals surface area contributed by atoms with Crippen LogP contribution in [-0.2, 0) is 11.0 Å². The number of nitrogens with one attached hydrogen (secondary N) is 2. The molecule has 2 N–H and O–H groups in total. The molecule has 0 saturated heterocycles. The zero-order chi connectivity index (χ0) is 15.9. The molecule has 0 radical (unpaired) electrons. The Morgan fingerprint density at radius 1 is 1.41 bits per heavy atom. The Balaban J connectivity index is 1.74. The number of aromatic amines is 1. The Morgan fingerprint density at radius 3 is 2.82 bits per heavy atom. The van der Waals surface area contributed by atoms with Gasteiger partial charge in [0.1, 0.15) is 11.4 Å². The average Bonchev–Trinajstić information content (AvgIpc) is 3.06. The molecule has 22 heavy (non-hydrogen) atoms. The van der Waals surface area contributed by atoms with Crippen LogP contribution in [0.25, 0.3) is 0 Å². The number of hydrogen-bond donors (Lipinski definition) is 2. The fourth-order valence-corrected chi connectivity index (χ4v) is 2.27. The summed E-state index contributed by atoms with van der Waals surface area (Å²) in [5.41, 5.74) is -2.22. The third-order valence-electron chi connectivity index (χ3n) is 3.52. The Labute approximate surface area is 122 Å². The van der Waals surface area contributed by atoms with Gasteiger partial charge in [-0.15, -0.1) is 0 Å². The van der Waals surface area contributed by atoms with E-state index in [0.29, 0.717) is 24.4 Å². The number of hydrogen-bond acceptors (Lipinski definition) is 3. The van der Waals surface area contributed by atoms with Gasteiger partial charge in [-0.1, -0.05) is 0 Å². The number of pyridine rings is 1. The Bertz CT molecular complexity index is 749. The Morgan fingerprint density at radius 2 is 2.18 bits per heavy atom. The largest absolute Gasteiger partial charge is 0.469 e. The van der Waals surface area contributed by atoms with Crippen LogP contribution in [0.3, 0.4) is 0 Å². The molecule has 2 aromatic rings. The van der Waals surface area contributed by atoms with Crippen molar-refractivity contribution in [2.24, 2.45) is 5.92 Å². The van der Waals surface area contributed by atoms with E-state index in [-0.39, 0.29) is 5.92 Å². The van der Waals surface area contributed by atoms with Crippen molar-refractivity contribution >= 4 is 11.6 Å². The summed E-state index contributed by atoms with van der Waals surface area (Å²) in [7, 11) is 0. The summed E-state index contributed by atoms with van der Waals surface area (Å²) in [4.78, 5) is 25.5. The van der Waals surface area contributed by atoms with Crippen molar-refractivity contribution in [3.05, 3.63) is 52.3 Å². The molecule has 0 unspecified atom stereocenters. The Kier molecular flexibility index (Phi) is 3.31. The van der Waals surface area contributed by atoms with Gasteiger partial charge >= 0.3 is 6.18 Å². The highest BCUT2D eigenvalue weighted by Crippen LogP contribution is 2.48. The molecule has 1 amide bonds. The number of carbonyl (C=O) groups excluding carboxylic acids is 1. The molecule has 2 aromatic heterocycles. The van der Waals surface area contributed by atoms with Crippen molar-refractivity contribution in [1.29, 1.82) is 0 Å². The van der Waals surface area contributed by atoms with Crippen LogP contribution in [0.5, 0.6) is 0 Å². The van der Waals surface area contributed by atoms with E-state index in [2.05, 4.69) is 5.32 Å². The molecule has 1 saturated carbocycles. The number of H-pyrrole nitrogens is 1. The minimum Gasteiger partial charge on any atom is -0.469 e. The van der Waals surface area contributed by atoms with Crippen LogP contribution in [0.15, 0.2) is 39.9 Å². The summed E-state index contributed by atoms with van der Waals surface area (Å²) in [6, 6.07) is 4.05.